The summed E-state index contributed by atoms with van der Waals surface area (Å²) in [5.41, 5.74) is 0.484. The molecule has 0 radical (unpaired) electrons. The van der Waals surface area contributed by atoms with Gasteiger partial charge in [-0.1, -0.05) is 25.4 Å². The van der Waals surface area contributed by atoms with Crippen LogP contribution in [0.4, 0.5) is 0 Å². The van der Waals surface area contributed by atoms with Crippen LogP contribution >= 0.6 is 11.6 Å². The Balaban J connectivity index is 2.67. The van der Waals surface area contributed by atoms with E-state index in [0.717, 1.165) is 19.5 Å². The number of hydrogen-bond donors (Lipinski definition) is 2. The van der Waals surface area contributed by atoms with E-state index in [2.05, 4.69) is 10.6 Å². The molecule has 0 saturated carbocycles. The molecule has 1 rings (SSSR count). The van der Waals surface area contributed by atoms with E-state index in [9.17, 15) is 4.79 Å². The van der Waals surface area contributed by atoms with Crippen molar-refractivity contribution in [1.29, 1.82) is 0 Å². The van der Waals surface area contributed by atoms with Gasteiger partial charge in [0.2, 0.25) is 0 Å². The van der Waals surface area contributed by atoms with Gasteiger partial charge < -0.3 is 15.4 Å². The first-order valence-electron chi connectivity index (χ1n) is 6.60. The minimum absolute atomic E-state index is 0.161. The number of ether oxygens (including phenoxy) is 1. The van der Waals surface area contributed by atoms with E-state index in [-0.39, 0.29) is 5.91 Å². The van der Waals surface area contributed by atoms with Crippen LogP contribution in [0.5, 0.6) is 5.75 Å². The molecule has 1 aromatic carbocycles. The molecule has 0 atom stereocenters. The van der Waals surface area contributed by atoms with Crippen LogP contribution < -0.4 is 15.4 Å². The van der Waals surface area contributed by atoms with Crippen molar-refractivity contribution >= 4 is 17.5 Å². The smallest absolute Gasteiger partial charge is 0.255 e. The van der Waals surface area contributed by atoms with Crippen molar-refractivity contribution in [2.75, 3.05) is 26.2 Å². The normalized spacial score (nSPS) is 10.3. The molecule has 2 N–H and O–H groups in total. The Morgan fingerprint density at radius 2 is 2.11 bits per heavy atom. The summed E-state index contributed by atoms with van der Waals surface area (Å²) in [6, 6.07) is 5.09. The predicted octanol–water partition coefficient (Wildman–Crippen LogP) is 2.47. The van der Waals surface area contributed by atoms with Crippen molar-refractivity contribution in [1.82, 2.24) is 10.6 Å². The first-order chi connectivity index (χ1) is 9.19. The molecule has 5 heteroatoms. The summed E-state index contributed by atoms with van der Waals surface area (Å²) < 4.78 is 5.55. The van der Waals surface area contributed by atoms with Crippen LogP contribution in [0.3, 0.4) is 0 Å². The predicted molar refractivity (Wildman–Crippen MR) is 78.1 cm³/mol. The molecule has 1 amide bonds. The van der Waals surface area contributed by atoms with Crippen LogP contribution in [-0.4, -0.2) is 32.1 Å². The summed E-state index contributed by atoms with van der Waals surface area (Å²) in [7, 11) is 0. The molecule has 0 aliphatic carbocycles. The number of amides is 1. The molecule has 0 aromatic heterocycles. The molecule has 0 unspecified atom stereocenters. The molecular weight excluding hydrogens is 264 g/mol. The standard InChI is InChI=1S/C14H21ClN2O2/c1-3-9-19-13-6-5-11(15)10-12(13)14(18)17-8-7-16-4-2/h5-6,10,16H,3-4,7-9H2,1-2H3,(H,17,18). The number of likely N-dealkylation sites (N-methyl/N-ethyl adjacent to an activating group) is 1. The van der Waals surface area contributed by atoms with E-state index in [1.165, 1.54) is 0 Å². The van der Waals surface area contributed by atoms with E-state index in [4.69, 9.17) is 16.3 Å². The highest BCUT2D eigenvalue weighted by atomic mass is 35.5. The van der Waals surface area contributed by atoms with E-state index in [1.54, 1.807) is 18.2 Å². The molecule has 0 saturated heterocycles. The lowest BCUT2D eigenvalue weighted by molar-refractivity contribution is 0.0950. The maximum Gasteiger partial charge on any atom is 0.255 e. The van der Waals surface area contributed by atoms with Gasteiger partial charge in [0.15, 0.2) is 0 Å². The van der Waals surface area contributed by atoms with Gasteiger partial charge in [-0.15, -0.1) is 0 Å². The first-order valence-corrected chi connectivity index (χ1v) is 6.98. The van der Waals surface area contributed by atoms with E-state index < -0.39 is 0 Å². The van der Waals surface area contributed by atoms with E-state index in [1.807, 2.05) is 13.8 Å². The van der Waals surface area contributed by atoms with Gasteiger partial charge in [0.25, 0.3) is 5.91 Å². The molecule has 0 aliphatic heterocycles. The monoisotopic (exact) mass is 284 g/mol. The van der Waals surface area contributed by atoms with Crippen LogP contribution in [0.1, 0.15) is 30.6 Å². The Labute approximate surface area is 119 Å². The average Bonchev–Trinajstić information content (AvgIpc) is 2.42. The van der Waals surface area contributed by atoms with Crippen LogP contribution in [0.15, 0.2) is 18.2 Å². The van der Waals surface area contributed by atoms with Crippen LogP contribution in [0, 0.1) is 0 Å². The Morgan fingerprint density at radius 3 is 2.79 bits per heavy atom. The van der Waals surface area contributed by atoms with Gasteiger partial charge in [-0.3, -0.25) is 4.79 Å². The molecule has 0 aliphatic rings. The lowest BCUT2D eigenvalue weighted by Gasteiger charge is -2.11. The number of carbonyl (C=O) groups excluding carboxylic acids is 1. The van der Waals surface area contributed by atoms with Gasteiger partial charge in [0, 0.05) is 18.1 Å². The second-order valence-corrected chi connectivity index (χ2v) is 4.53. The highest BCUT2D eigenvalue weighted by molar-refractivity contribution is 6.31. The van der Waals surface area contributed by atoms with Gasteiger partial charge in [-0.05, 0) is 31.2 Å². The number of benzene rings is 1. The second kappa shape index (κ2) is 8.77. The fraction of sp³-hybridized carbons (Fsp3) is 0.500. The van der Waals surface area contributed by atoms with Crippen LogP contribution in [0.2, 0.25) is 5.02 Å². The van der Waals surface area contributed by atoms with Crippen molar-refractivity contribution < 1.29 is 9.53 Å². The van der Waals surface area contributed by atoms with Crippen molar-refractivity contribution in [2.24, 2.45) is 0 Å². The number of halogens is 1. The second-order valence-electron chi connectivity index (χ2n) is 4.10. The molecule has 1 aromatic rings. The van der Waals surface area contributed by atoms with Crippen molar-refractivity contribution in [2.45, 2.75) is 20.3 Å². The third kappa shape index (κ3) is 5.49. The Bertz CT molecular complexity index is 410. The Kier molecular flexibility index (Phi) is 7.30. The first kappa shape index (κ1) is 15.8. The van der Waals surface area contributed by atoms with Crippen molar-refractivity contribution in [3.05, 3.63) is 28.8 Å². The largest absolute Gasteiger partial charge is 0.493 e. The molecular formula is C14H21ClN2O2. The van der Waals surface area contributed by atoms with Gasteiger partial charge in [0.05, 0.1) is 12.2 Å². The average molecular weight is 285 g/mol. The number of hydrogen-bond acceptors (Lipinski definition) is 3. The molecule has 0 bridgehead atoms. The fourth-order valence-electron chi connectivity index (χ4n) is 1.55. The van der Waals surface area contributed by atoms with Gasteiger partial charge in [-0.25, -0.2) is 0 Å². The molecule has 0 spiro atoms. The highest BCUT2D eigenvalue weighted by Gasteiger charge is 2.12. The molecule has 0 heterocycles. The highest BCUT2D eigenvalue weighted by Crippen LogP contribution is 2.23. The summed E-state index contributed by atoms with van der Waals surface area (Å²) in [5, 5.41) is 6.51. The maximum atomic E-state index is 12.1. The zero-order valence-electron chi connectivity index (χ0n) is 11.5. The molecule has 4 nitrogen and oxygen atoms in total. The third-order valence-corrected chi connectivity index (χ3v) is 2.72. The lowest BCUT2D eigenvalue weighted by Crippen LogP contribution is -2.32. The zero-order chi connectivity index (χ0) is 14.1. The third-order valence-electron chi connectivity index (χ3n) is 2.49. The van der Waals surface area contributed by atoms with Crippen molar-refractivity contribution in [3.63, 3.8) is 0 Å². The summed E-state index contributed by atoms with van der Waals surface area (Å²) in [6.45, 7) is 6.83. The van der Waals surface area contributed by atoms with Gasteiger partial charge in [-0.2, -0.15) is 0 Å². The SMILES string of the molecule is CCCOc1ccc(Cl)cc1C(=O)NCCNCC. The summed E-state index contributed by atoms with van der Waals surface area (Å²) >= 11 is 5.93. The van der Waals surface area contributed by atoms with Crippen LogP contribution in [0.25, 0.3) is 0 Å². The zero-order valence-corrected chi connectivity index (χ0v) is 12.2. The maximum absolute atomic E-state index is 12.1. The molecule has 0 fully saturated rings. The lowest BCUT2D eigenvalue weighted by atomic mass is 10.2. The minimum Gasteiger partial charge on any atom is -0.493 e. The van der Waals surface area contributed by atoms with Crippen molar-refractivity contribution in [3.8, 4) is 5.75 Å². The quantitative estimate of drug-likeness (QED) is 0.721. The van der Waals surface area contributed by atoms with Crippen LogP contribution in [-0.2, 0) is 0 Å². The Morgan fingerprint density at radius 1 is 1.32 bits per heavy atom. The number of nitrogens with one attached hydrogen (secondary N) is 2. The molecule has 106 valence electrons. The van der Waals surface area contributed by atoms with E-state index in [0.29, 0.717) is 29.5 Å². The fourth-order valence-corrected chi connectivity index (χ4v) is 1.73. The summed E-state index contributed by atoms with van der Waals surface area (Å²) in [5.74, 6) is 0.415. The van der Waals surface area contributed by atoms with Gasteiger partial charge >= 0.3 is 0 Å². The van der Waals surface area contributed by atoms with E-state index >= 15 is 0 Å². The number of rotatable bonds is 8. The summed E-state index contributed by atoms with van der Waals surface area (Å²) in [4.78, 5) is 12.1. The topological polar surface area (TPSA) is 50.4 Å². The minimum atomic E-state index is -0.161. The summed E-state index contributed by atoms with van der Waals surface area (Å²) in [6.07, 6.45) is 0.893. The Hall–Kier alpha value is -1.26. The number of carbonyl (C=O) groups is 1. The molecule has 19 heavy (non-hydrogen) atoms. The van der Waals surface area contributed by atoms with Gasteiger partial charge in [0.1, 0.15) is 5.75 Å².